The lowest BCUT2D eigenvalue weighted by molar-refractivity contribution is -0.131. The van der Waals surface area contributed by atoms with E-state index in [0.717, 1.165) is 58.5 Å². The molecule has 3 unspecified atom stereocenters. The first-order valence-electron chi connectivity index (χ1n) is 7.63. The summed E-state index contributed by atoms with van der Waals surface area (Å²) in [5.74, 6) is 1.14. The van der Waals surface area contributed by atoms with Crippen molar-refractivity contribution in [2.45, 2.75) is 25.4 Å². The number of likely N-dealkylation sites (tertiary alicyclic amines) is 1. The van der Waals surface area contributed by atoms with Gasteiger partial charge in [0.25, 0.3) is 0 Å². The minimum Gasteiger partial charge on any atom is -0.393 e. The van der Waals surface area contributed by atoms with Crippen molar-refractivity contribution in [3.63, 3.8) is 0 Å². The van der Waals surface area contributed by atoms with Crippen LogP contribution in [0.15, 0.2) is 0 Å². The average molecular weight is 267 g/mol. The lowest BCUT2D eigenvalue weighted by Crippen LogP contribution is -2.41. The zero-order chi connectivity index (χ0) is 13.2. The summed E-state index contributed by atoms with van der Waals surface area (Å²) in [4.78, 5) is 16.6. The third kappa shape index (κ3) is 2.93. The molecule has 3 fully saturated rings. The highest BCUT2D eigenvalue weighted by atomic mass is 16.3. The Morgan fingerprint density at radius 2 is 2.11 bits per heavy atom. The first kappa shape index (κ1) is 13.3. The van der Waals surface area contributed by atoms with Crippen molar-refractivity contribution in [2.24, 2.45) is 11.8 Å². The van der Waals surface area contributed by atoms with Crippen LogP contribution in [0.4, 0.5) is 0 Å². The van der Waals surface area contributed by atoms with Crippen molar-refractivity contribution in [3.05, 3.63) is 0 Å². The molecule has 2 heterocycles. The minimum absolute atomic E-state index is 0.176. The Bertz CT molecular complexity index is 329. The maximum Gasteiger partial charge on any atom is 0.236 e. The van der Waals surface area contributed by atoms with Gasteiger partial charge in [0.05, 0.1) is 12.6 Å². The van der Waals surface area contributed by atoms with Gasteiger partial charge in [0.15, 0.2) is 0 Å². The number of amides is 1. The van der Waals surface area contributed by atoms with Gasteiger partial charge >= 0.3 is 0 Å². The zero-order valence-corrected chi connectivity index (χ0v) is 11.6. The van der Waals surface area contributed by atoms with Gasteiger partial charge in [0.2, 0.25) is 5.91 Å². The largest absolute Gasteiger partial charge is 0.393 e. The number of carbonyl (C=O) groups is 1. The van der Waals surface area contributed by atoms with Gasteiger partial charge < -0.3 is 15.3 Å². The number of aliphatic hydroxyl groups excluding tert-OH is 1. The molecule has 0 aromatic heterocycles. The van der Waals surface area contributed by atoms with Gasteiger partial charge in [-0.05, 0) is 38.3 Å². The SMILES string of the molecule is O=C(CN1CCCNCC1)N1CC2CCC(O)C2C1. The van der Waals surface area contributed by atoms with Gasteiger partial charge in [-0.2, -0.15) is 0 Å². The summed E-state index contributed by atoms with van der Waals surface area (Å²) in [6.45, 7) is 6.22. The molecule has 0 aromatic carbocycles. The Balaban J connectivity index is 1.51. The lowest BCUT2D eigenvalue weighted by atomic mass is 10.00. The van der Waals surface area contributed by atoms with Gasteiger partial charge in [0.1, 0.15) is 0 Å². The lowest BCUT2D eigenvalue weighted by Gasteiger charge is -2.24. The Morgan fingerprint density at radius 3 is 2.95 bits per heavy atom. The summed E-state index contributed by atoms with van der Waals surface area (Å²) in [6, 6.07) is 0. The predicted octanol–water partition coefficient (Wildman–Crippen LogP) is -0.489. The molecule has 5 heteroatoms. The summed E-state index contributed by atoms with van der Waals surface area (Å²) in [6.07, 6.45) is 2.96. The van der Waals surface area contributed by atoms with Crippen LogP contribution in [0.2, 0.25) is 0 Å². The van der Waals surface area contributed by atoms with Gasteiger partial charge in [0, 0.05) is 32.1 Å². The number of nitrogens with zero attached hydrogens (tertiary/aromatic N) is 2. The van der Waals surface area contributed by atoms with E-state index in [1.165, 1.54) is 0 Å². The van der Waals surface area contributed by atoms with E-state index in [2.05, 4.69) is 10.2 Å². The van der Waals surface area contributed by atoms with E-state index >= 15 is 0 Å². The molecule has 0 aromatic rings. The van der Waals surface area contributed by atoms with E-state index in [1.54, 1.807) is 0 Å². The highest BCUT2D eigenvalue weighted by molar-refractivity contribution is 5.78. The Labute approximate surface area is 114 Å². The molecule has 5 nitrogen and oxygen atoms in total. The van der Waals surface area contributed by atoms with Crippen LogP contribution in [0.5, 0.6) is 0 Å². The van der Waals surface area contributed by atoms with Crippen molar-refractivity contribution < 1.29 is 9.90 Å². The molecular formula is C14H25N3O2. The highest BCUT2D eigenvalue weighted by Gasteiger charge is 2.43. The molecule has 1 saturated carbocycles. The first-order chi connectivity index (χ1) is 9.24. The van der Waals surface area contributed by atoms with Crippen LogP contribution in [0.1, 0.15) is 19.3 Å². The van der Waals surface area contributed by atoms with Gasteiger partial charge in [-0.25, -0.2) is 0 Å². The molecule has 3 rings (SSSR count). The van der Waals surface area contributed by atoms with Crippen LogP contribution in [-0.2, 0) is 4.79 Å². The molecule has 0 radical (unpaired) electrons. The number of nitrogens with one attached hydrogen (secondary N) is 1. The fourth-order valence-electron chi connectivity index (χ4n) is 3.79. The summed E-state index contributed by atoms with van der Waals surface area (Å²) in [5, 5.41) is 13.3. The summed E-state index contributed by atoms with van der Waals surface area (Å²) in [5.41, 5.74) is 0. The second-order valence-electron chi connectivity index (χ2n) is 6.25. The van der Waals surface area contributed by atoms with Crippen LogP contribution in [0.25, 0.3) is 0 Å². The summed E-state index contributed by atoms with van der Waals surface area (Å²) in [7, 11) is 0. The van der Waals surface area contributed by atoms with E-state index in [-0.39, 0.29) is 12.0 Å². The van der Waals surface area contributed by atoms with E-state index in [4.69, 9.17) is 0 Å². The molecule has 19 heavy (non-hydrogen) atoms. The molecular weight excluding hydrogens is 242 g/mol. The Morgan fingerprint density at radius 1 is 1.21 bits per heavy atom. The van der Waals surface area contributed by atoms with Crippen LogP contribution >= 0.6 is 0 Å². The molecule has 2 aliphatic heterocycles. The number of hydrogen-bond donors (Lipinski definition) is 2. The molecule has 1 amide bonds. The Kier molecular flexibility index (Phi) is 4.05. The van der Waals surface area contributed by atoms with Crippen molar-refractivity contribution in [3.8, 4) is 0 Å². The van der Waals surface area contributed by atoms with Gasteiger partial charge in [-0.3, -0.25) is 9.69 Å². The average Bonchev–Trinajstić information content (AvgIpc) is 2.86. The third-order valence-corrected chi connectivity index (χ3v) is 4.96. The van der Waals surface area contributed by atoms with Crippen LogP contribution in [0.3, 0.4) is 0 Å². The van der Waals surface area contributed by atoms with Crippen LogP contribution in [0, 0.1) is 11.8 Å². The fraction of sp³-hybridized carbons (Fsp3) is 0.929. The van der Waals surface area contributed by atoms with Crippen molar-refractivity contribution in [2.75, 3.05) is 45.8 Å². The first-order valence-corrected chi connectivity index (χ1v) is 7.63. The molecule has 3 aliphatic rings. The number of hydrogen-bond acceptors (Lipinski definition) is 4. The second-order valence-corrected chi connectivity index (χ2v) is 6.25. The number of carbonyl (C=O) groups excluding carboxylic acids is 1. The maximum absolute atomic E-state index is 12.3. The van der Waals surface area contributed by atoms with E-state index < -0.39 is 0 Å². The normalized spacial score (nSPS) is 36.3. The summed E-state index contributed by atoms with van der Waals surface area (Å²) < 4.78 is 0. The standard InChI is InChI=1S/C14H25N3O2/c18-13-3-2-11-8-17(9-12(11)13)14(19)10-16-6-1-4-15-5-7-16/h11-13,15,18H,1-10H2. The van der Waals surface area contributed by atoms with Gasteiger partial charge in [-0.15, -0.1) is 0 Å². The Hall–Kier alpha value is -0.650. The third-order valence-electron chi connectivity index (χ3n) is 4.96. The number of fused-ring (bicyclic) bond motifs is 1. The topological polar surface area (TPSA) is 55.8 Å². The van der Waals surface area contributed by atoms with Crippen molar-refractivity contribution in [1.29, 1.82) is 0 Å². The molecule has 1 aliphatic carbocycles. The van der Waals surface area contributed by atoms with Crippen LogP contribution < -0.4 is 5.32 Å². The van der Waals surface area contributed by atoms with Gasteiger partial charge in [-0.1, -0.05) is 0 Å². The zero-order valence-electron chi connectivity index (χ0n) is 11.6. The van der Waals surface area contributed by atoms with E-state index in [9.17, 15) is 9.90 Å². The predicted molar refractivity (Wildman–Crippen MR) is 72.7 cm³/mol. The maximum atomic E-state index is 12.3. The minimum atomic E-state index is -0.176. The molecule has 0 spiro atoms. The fourth-order valence-corrected chi connectivity index (χ4v) is 3.79. The number of aliphatic hydroxyl groups is 1. The van der Waals surface area contributed by atoms with Crippen LogP contribution in [-0.4, -0.2) is 72.7 Å². The van der Waals surface area contributed by atoms with Crippen molar-refractivity contribution >= 4 is 5.91 Å². The number of rotatable bonds is 2. The molecule has 2 saturated heterocycles. The molecule has 2 N–H and O–H groups in total. The summed E-state index contributed by atoms with van der Waals surface area (Å²) >= 11 is 0. The second kappa shape index (κ2) is 5.77. The molecule has 3 atom stereocenters. The smallest absolute Gasteiger partial charge is 0.236 e. The molecule has 108 valence electrons. The quantitative estimate of drug-likeness (QED) is 0.709. The highest BCUT2D eigenvalue weighted by Crippen LogP contribution is 2.38. The van der Waals surface area contributed by atoms with Crippen molar-refractivity contribution in [1.82, 2.24) is 15.1 Å². The monoisotopic (exact) mass is 267 g/mol. The van der Waals surface area contributed by atoms with E-state index in [0.29, 0.717) is 18.4 Å². The van der Waals surface area contributed by atoms with E-state index in [1.807, 2.05) is 4.90 Å². The molecule has 0 bridgehead atoms.